The van der Waals surface area contributed by atoms with Crippen molar-refractivity contribution in [1.29, 1.82) is 0 Å². The number of rotatable bonds is 6. The Morgan fingerprint density at radius 3 is 2.96 bits per heavy atom. The van der Waals surface area contributed by atoms with E-state index < -0.39 is 0 Å². The minimum Gasteiger partial charge on any atom is -0.356 e. The Balaban J connectivity index is 0.00000280. The Kier molecular flexibility index (Phi) is 9.23. The van der Waals surface area contributed by atoms with Crippen LogP contribution in [0.4, 0.5) is 5.82 Å². The standard InChI is InChI=1S/C19H27ClN6S.HI/c1-13(2)18-24-15(12-27-18)6-9-23-19(21-3)25-14-7-10-26(11-14)17-16(20)5-4-8-22-17;/h4-5,8,12-14H,6-7,9-11H2,1-3H3,(H2,21,23,25);1H. The lowest BCUT2D eigenvalue weighted by Crippen LogP contribution is -2.45. The quantitative estimate of drug-likeness (QED) is 0.334. The van der Waals surface area contributed by atoms with Crippen LogP contribution in [0.1, 0.15) is 36.9 Å². The molecule has 1 saturated heterocycles. The van der Waals surface area contributed by atoms with E-state index in [-0.39, 0.29) is 24.0 Å². The Morgan fingerprint density at radius 2 is 2.29 bits per heavy atom. The van der Waals surface area contributed by atoms with Crippen molar-refractivity contribution in [3.05, 3.63) is 39.4 Å². The van der Waals surface area contributed by atoms with Gasteiger partial charge in [0.1, 0.15) is 5.82 Å². The van der Waals surface area contributed by atoms with Crippen LogP contribution in [0.2, 0.25) is 5.02 Å². The zero-order valence-corrected chi connectivity index (χ0v) is 20.4. The fourth-order valence-corrected chi connectivity index (χ4v) is 4.19. The summed E-state index contributed by atoms with van der Waals surface area (Å²) in [5.41, 5.74) is 1.14. The molecule has 0 aromatic carbocycles. The molecule has 0 saturated carbocycles. The molecule has 1 atom stereocenters. The van der Waals surface area contributed by atoms with Crippen LogP contribution >= 0.6 is 46.9 Å². The number of hydrogen-bond donors (Lipinski definition) is 2. The molecule has 3 rings (SSSR count). The van der Waals surface area contributed by atoms with Gasteiger partial charge in [-0.3, -0.25) is 4.99 Å². The maximum atomic E-state index is 6.27. The normalized spacial score (nSPS) is 17.0. The first kappa shape index (κ1) is 23.2. The SMILES string of the molecule is CN=C(NCCc1csc(C(C)C)n1)NC1CCN(c2ncccc2Cl)C1.I. The van der Waals surface area contributed by atoms with E-state index in [1.54, 1.807) is 24.6 Å². The molecule has 0 spiro atoms. The molecule has 0 amide bonds. The molecule has 2 aromatic heterocycles. The van der Waals surface area contributed by atoms with Gasteiger partial charge in [0.05, 0.1) is 15.7 Å². The molecule has 2 aromatic rings. The highest BCUT2D eigenvalue weighted by Gasteiger charge is 2.25. The van der Waals surface area contributed by atoms with Crippen LogP contribution in [0.15, 0.2) is 28.7 Å². The third-order valence-corrected chi connectivity index (χ3v) is 6.02. The maximum Gasteiger partial charge on any atom is 0.191 e. The first-order valence-electron chi connectivity index (χ1n) is 9.33. The molecular formula is C19H28ClIN6S. The largest absolute Gasteiger partial charge is 0.356 e. The highest BCUT2D eigenvalue weighted by Crippen LogP contribution is 2.25. The summed E-state index contributed by atoms with van der Waals surface area (Å²) in [6, 6.07) is 4.06. The van der Waals surface area contributed by atoms with Crippen molar-refractivity contribution in [2.75, 3.05) is 31.6 Å². The molecule has 1 unspecified atom stereocenters. The average Bonchev–Trinajstić information content (AvgIpc) is 3.31. The molecule has 1 aliphatic rings. The van der Waals surface area contributed by atoms with Crippen LogP contribution < -0.4 is 15.5 Å². The smallest absolute Gasteiger partial charge is 0.191 e. The van der Waals surface area contributed by atoms with Gasteiger partial charge in [-0.05, 0) is 18.6 Å². The zero-order chi connectivity index (χ0) is 19.2. The molecule has 2 N–H and O–H groups in total. The summed E-state index contributed by atoms with van der Waals surface area (Å²) in [4.78, 5) is 15.7. The van der Waals surface area contributed by atoms with Crippen molar-refractivity contribution in [2.24, 2.45) is 4.99 Å². The van der Waals surface area contributed by atoms with Crippen LogP contribution in [-0.4, -0.2) is 48.7 Å². The number of nitrogens with zero attached hydrogens (tertiary/aromatic N) is 4. The molecule has 9 heteroatoms. The average molecular weight is 535 g/mol. The summed E-state index contributed by atoms with van der Waals surface area (Å²) in [5.74, 6) is 2.17. The lowest BCUT2D eigenvalue weighted by molar-refractivity contribution is 0.647. The second kappa shape index (κ2) is 11.2. The van der Waals surface area contributed by atoms with Crippen molar-refractivity contribution in [3.63, 3.8) is 0 Å². The molecular weight excluding hydrogens is 507 g/mol. The molecule has 0 bridgehead atoms. The van der Waals surface area contributed by atoms with Crippen LogP contribution in [0, 0.1) is 0 Å². The van der Waals surface area contributed by atoms with Crippen LogP contribution in [0.5, 0.6) is 0 Å². The monoisotopic (exact) mass is 534 g/mol. The molecule has 28 heavy (non-hydrogen) atoms. The van der Waals surface area contributed by atoms with Gasteiger partial charge in [-0.2, -0.15) is 0 Å². The topological polar surface area (TPSA) is 65.4 Å². The first-order chi connectivity index (χ1) is 13.1. The number of hydrogen-bond acceptors (Lipinski definition) is 5. The summed E-state index contributed by atoms with van der Waals surface area (Å²) < 4.78 is 0. The number of guanidine groups is 1. The van der Waals surface area contributed by atoms with Gasteiger partial charge in [0.2, 0.25) is 0 Å². The van der Waals surface area contributed by atoms with E-state index in [1.165, 1.54) is 5.01 Å². The number of pyridine rings is 1. The Bertz CT molecular complexity index is 781. The van der Waals surface area contributed by atoms with Gasteiger partial charge >= 0.3 is 0 Å². The summed E-state index contributed by atoms with van der Waals surface area (Å²) in [7, 11) is 1.80. The Morgan fingerprint density at radius 1 is 1.46 bits per heavy atom. The number of aromatic nitrogens is 2. The number of thiazole rings is 1. The molecule has 6 nitrogen and oxygen atoms in total. The van der Waals surface area contributed by atoms with Crippen molar-refractivity contribution in [2.45, 2.75) is 38.6 Å². The van der Waals surface area contributed by atoms with E-state index in [4.69, 9.17) is 11.6 Å². The highest BCUT2D eigenvalue weighted by atomic mass is 127. The second-order valence-electron chi connectivity index (χ2n) is 6.97. The van der Waals surface area contributed by atoms with Crippen LogP contribution in [-0.2, 0) is 6.42 Å². The number of nitrogens with one attached hydrogen (secondary N) is 2. The number of aliphatic imine (C=N–C) groups is 1. The zero-order valence-electron chi connectivity index (χ0n) is 16.5. The van der Waals surface area contributed by atoms with Gasteiger partial charge in [-0.25, -0.2) is 9.97 Å². The summed E-state index contributed by atoms with van der Waals surface area (Å²) in [5, 5.41) is 10.9. The fourth-order valence-electron chi connectivity index (χ4n) is 3.08. The van der Waals surface area contributed by atoms with Gasteiger partial charge in [0, 0.05) is 56.6 Å². The number of anilines is 1. The minimum atomic E-state index is 0. The fraction of sp³-hybridized carbons (Fsp3) is 0.526. The van der Waals surface area contributed by atoms with Gasteiger partial charge in [-0.1, -0.05) is 25.4 Å². The Labute approximate surface area is 193 Å². The highest BCUT2D eigenvalue weighted by molar-refractivity contribution is 14.0. The van der Waals surface area contributed by atoms with Crippen molar-refractivity contribution < 1.29 is 0 Å². The minimum absolute atomic E-state index is 0. The summed E-state index contributed by atoms with van der Waals surface area (Å²) in [6.07, 6.45) is 3.70. The van der Waals surface area contributed by atoms with Crippen LogP contribution in [0.25, 0.3) is 0 Å². The van der Waals surface area contributed by atoms with E-state index in [9.17, 15) is 0 Å². The van der Waals surface area contributed by atoms with E-state index >= 15 is 0 Å². The molecule has 0 aliphatic carbocycles. The van der Waals surface area contributed by atoms with Crippen LogP contribution in [0.3, 0.4) is 0 Å². The van der Waals surface area contributed by atoms with Gasteiger partial charge in [0.15, 0.2) is 5.96 Å². The second-order valence-corrected chi connectivity index (χ2v) is 8.26. The van der Waals surface area contributed by atoms with Gasteiger partial charge in [-0.15, -0.1) is 35.3 Å². The van der Waals surface area contributed by atoms with Gasteiger partial charge < -0.3 is 15.5 Å². The molecule has 0 radical (unpaired) electrons. The third-order valence-electron chi connectivity index (χ3n) is 4.53. The lowest BCUT2D eigenvalue weighted by Gasteiger charge is -2.20. The van der Waals surface area contributed by atoms with E-state index in [0.29, 0.717) is 17.0 Å². The number of halogens is 2. The maximum absolute atomic E-state index is 6.27. The predicted octanol–water partition coefficient (Wildman–Crippen LogP) is 3.92. The van der Waals surface area contributed by atoms with Crippen molar-refractivity contribution in [3.8, 4) is 0 Å². The van der Waals surface area contributed by atoms with Crippen molar-refractivity contribution >= 4 is 58.7 Å². The van der Waals surface area contributed by atoms with E-state index in [0.717, 1.165) is 49.9 Å². The third kappa shape index (κ3) is 6.18. The molecule has 154 valence electrons. The van der Waals surface area contributed by atoms with E-state index in [2.05, 4.69) is 49.7 Å². The first-order valence-corrected chi connectivity index (χ1v) is 10.6. The lowest BCUT2D eigenvalue weighted by atomic mass is 10.2. The van der Waals surface area contributed by atoms with E-state index in [1.807, 2.05) is 12.1 Å². The van der Waals surface area contributed by atoms with Gasteiger partial charge in [0.25, 0.3) is 0 Å². The summed E-state index contributed by atoms with van der Waals surface area (Å²) >= 11 is 8.01. The molecule has 3 heterocycles. The molecule has 1 aliphatic heterocycles. The summed E-state index contributed by atoms with van der Waals surface area (Å²) in [6.45, 7) is 6.96. The predicted molar refractivity (Wildman–Crippen MR) is 130 cm³/mol. The Hall–Kier alpha value is -1.13. The molecule has 1 fully saturated rings. The van der Waals surface area contributed by atoms with Crippen molar-refractivity contribution in [1.82, 2.24) is 20.6 Å².